The van der Waals surface area contributed by atoms with Crippen LogP contribution >= 0.6 is 28.3 Å². The van der Waals surface area contributed by atoms with Gasteiger partial charge in [-0.2, -0.15) is 8.42 Å². The number of benzene rings is 2. The zero-order valence-corrected chi connectivity index (χ0v) is 11.1. The molecule has 3 nitrogen and oxygen atoms in total. The van der Waals surface area contributed by atoms with Gasteiger partial charge in [-0.15, -0.1) is 12.4 Å². The van der Waals surface area contributed by atoms with Crippen LogP contribution in [0.4, 0.5) is 0 Å². The van der Waals surface area contributed by atoms with Gasteiger partial charge in [0.2, 0.25) is 0 Å². The Labute approximate surface area is 108 Å². The molecule has 16 heavy (non-hydrogen) atoms. The number of fused-ring (bicyclic) bond motifs is 1. The lowest BCUT2D eigenvalue weighted by Crippen LogP contribution is -1.98. The maximum Gasteiger partial charge on any atom is 0.295 e. The summed E-state index contributed by atoms with van der Waals surface area (Å²) < 4.78 is 32.0. The minimum absolute atomic E-state index is 0. The molecule has 0 aromatic heterocycles. The van der Waals surface area contributed by atoms with Gasteiger partial charge in [0, 0.05) is 9.86 Å². The summed E-state index contributed by atoms with van der Waals surface area (Å²) in [5.41, 5.74) is 0. The van der Waals surface area contributed by atoms with Gasteiger partial charge in [0.25, 0.3) is 10.1 Å². The fourth-order valence-corrected chi connectivity index (χ4v) is 2.63. The van der Waals surface area contributed by atoms with Gasteiger partial charge in [-0.25, -0.2) is 0 Å². The van der Waals surface area contributed by atoms with E-state index >= 15 is 0 Å². The molecule has 0 unspecified atom stereocenters. The monoisotopic (exact) mass is 322 g/mol. The first kappa shape index (κ1) is 13.4. The van der Waals surface area contributed by atoms with Gasteiger partial charge in [0.1, 0.15) is 4.90 Å². The van der Waals surface area contributed by atoms with E-state index in [4.69, 9.17) is 4.55 Å². The average molecular weight is 324 g/mol. The second-order valence-electron chi connectivity index (χ2n) is 3.07. The summed E-state index contributed by atoms with van der Waals surface area (Å²) in [7, 11) is -4.17. The molecule has 86 valence electrons. The molecular weight excluding hydrogens is 316 g/mol. The lowest BCUT2D eigenvalue weighted by molar-refractivity contribution is 0.484. The normalized spacial score (nSPS) is 11.1. The molecule has 0 bridgehead atoms. The Hall–Kier alpha value is -0.620. The van der Waals surface area contributed by atoms with Crippen molar-refractivity contribution in [2.24, 2.45) is 0 Å². The zero-order valence-electron chi connectivity index (χ0n) is 7.92. The molecule has 2 rings (SSSR count). The third-order valence-corrected chi connectivity index (χ3v) is 3.71. The van der Waals surface area contributed by atoms with Crippen LogP contribution in [-0.4, -0.2) is 13.0 Å². The van der Waals surface area contributed by atoms with Crippen molar-refractivity contribution in [1.29, 1.82) is 0 Å². The van der Waals surface area contributed by atoms with Gasteiger partial charge in [-0.1, -0.05) is 40.2 Å². The highest BCUT2D eigenvalue weighted by molar-refractivity contribution is 9.10. The Balaban J connectivity index is 0.00000128. The molecule has 0 saturated heterocycles. The van der Waals surface area contributed by atoms with E-state index in [2.05, 4.69) is 15.9 Å². The Bertz CT molecular complexity index is 625. The fraction of sp³-hybridized carbons (Fsp3) is 0. The van der Waals surface area contributed by atoms with Crippen LogP contribution in [0.2, 0.25) is 0 Å². The molecule has 0 aliphatic carbocycles. The summed E-state index contributed by atoms with van der Waals surface area (Å²) >= 11 is 3.32. The van der Waals surface area contributed by atoms with Crippen LogP contribution in [0.3, 0.4) is 0 Å². The molecule has 0 spiro atoms. The van der Waals surface area contributed by atoms with E-state index in [-0.39, 0.29) is 17.3 Å². The summed E-state index contributed by atoms with van der Waals surface area (Å²) in [6, 6.07) is 9.95. The molecule has 0 heterocycles. The Morgan fingerprint density at radius 1 is 1.00 bits per heavy atom. The van der Waals surface area contributed by atoms with Gasteiger partial charge in [0.05, 0.1) is 0 Å². The second kappa shape index (κ2) is 4.71. The van der Waals surface area contributed by atoms with E-state index in [0.717, 1.165) is 9.86 Å². The van der Waals surface area contributed by atoms with E-state index in [1.165, 1.54) is 6.07 Å². The highest BCUT2D eigenvalue weighted by atomic mass is 79.9. The summed E-state index contributed by atoms with van der Waals surface area (Å²) in [6.07, 6.45) is 0. The summed E-state index contributed by atoms with van der Waals surface area (Å²) in [6.45, 7) is 0. The third kappa shape index (κ3) is 2.38. The summed E-state index contributed by atoms with van der Waals surface area (Å²) in [5, 5.41) is 1.27. The molecule has 0 atom stereocenters. The van der Waals surface area contributed by atoms with Crippen LogP contribution in [-0.2, 0) is 10.1 Å². The first-order valence-electron chi connectivity index (χ1n) is 4.15. The Morgan fingerprint density at radius 3 is 2.12 bits per heavy atom. The van der Waals surface area contributed by atoms with E-state index < -0.39 is 10.1 Å². The lowest BCUT2D eigenvalue weighted by atomic mass is 10.1. The molecule has 0 aliphatic rings. The fourth-order valence-electron chi connectivity index (χ4n) is 1.46. The van der Waals surface area contributed by atoms with Crippen molar-refractivity contribution in [2.45, 2.75) is 4.90 Å². The zero-order chi connectivity index (χ0) is 11.1. The third-order valence-electron chi connectivity index (χ3n) is 2.11. The highest BCUT2D eigenvalue weighted by Crippen LogP contribution is 2.29. The van der Waals surface area contributed by atoms with Crippen molar-refractivity contribution in [3.8, 4) is 0 Å². The van der Waals surface area contributed by atoms with Crippen molar-refractivity contribution in [3.05, 3.63) is 40.9 Å². The molecule has 2 aromatic carbocycles. The first-order chi connectivity index (χ1) is 7.00. The van der Waals surface area contributed by atoms with Crippen molar-refractivity contribution in [1.82, 2.24) is 0 Å². The van der Waals surface area contributed by atoms with Gasteiger partial charge in [-0.05, 0) is 17.5 Å². The average Bonchev–Trinajstić information content (AvgIpc) is 2.17. The van der Waals surface area contributed by atoms with Crippen LogP contribution in [0.1, 0.15) is 0 Å². The minimum atomic E-state index is -4.17. The van der Waals surface area contributed by atoms with Crippen molar-refractivity contribution in [3.63, 3.8) is 0 Å². The number of hydrogen-bond acceptors (Lipinski definition) is 2. The molecule has 0 fully saturated rings. The van der Waals surface area contributed by atoms with E-state index in [1.54, 1.807) is 30.3 Å². The van der Waals surface area contributed by atoms with E-state index in [0.29, 0.717) is 5.39 Å². The van der Waals surface area contributed by atoms with Crippen LogP contribution in [0.5, 0.6) is 0 Å². The highest BCUT2D eigenvalue weighted by Gasteiger charge is 2.14. The van der Waals surface area contributed by atoms with Gasteiger partial charge in [0.15, 0.2) is 0 Å². The molecule has 0 amide bonds. The maximum absolute atomic E-state index is 11.1. The lowest BCUT2D eigenvalue weighted by Gasteiger charge is -2.04. The van der Waals surface area contributed by atoms with Gasteiger partial charge < -0.3 is 0 Å². The first-order valence-corrected chi connectivity index (χ1v) is 6.38. The molecule has 2 aromatic rings. The smallest absolute Gasteiger partial charge is 0.282 e. The topological polar surface area (TPSA) is 54.4 Å². The van der Waals surface area contributed by atoms with Gasteiger partial charge in [-0.3, -0.25) is 4.55 Å². The minimum Gasteiger partial charge on any atom is -0.282 e. The number of halogens is 2. The maximum atomic E-state index is 11.1. The van der Waals surface area contributed by atoms with Gasteiger partial charge >= 0.3 is 0 Å². The van der Waals surface area contributed by atoms with Crippen molar-refractivity contribution >= 4 is 49.2 Å². The molecule has 6 heteroatoms. The standard InChI is InChI=1S/C10H7BrO3S.ClH/c11-9-5-6-10(15(12,13)14)8-4-2-1-3-7(8)9;/h1-6H,(H,12,13,14);1H. The molecule has 1 N–H and O–H groups in total. The molecule has 0 aliphatic heterocycles. The summed E-state index contributed by atoms with van der Waals surface area (Å²) in [5.74, 6) is 0. The van der Waals surface area contributed by atoms with E-state index in [1.807, 2.05) is 0 Å². The molecule has 0 radical (unpaired) electrons. The van der Waals surface area contributed by atoms with Crippen molar-refractivity contribution in [2.75, 3.05) is 0 Å². The number of hydrogen-bond donors (Lipinski definition) is 1. The Kier molecular flexibility index (Phi) is 3.96. The molecule has 0 saturated carbocycles. The van der Waals surface area contributed by atoms with Crippen molar-refractivity contribution < 1.29 is 13.0 Å². The van der Waals surface area contributed by atoms with Crippen LogP contribution in [0, 0.1) is 0 Å². The van der Waals surface area contributed by atoms with Crippen LogP contribution < -0.4 is 0 Å². The quantitative estimate of drug-likeness (QED) is 0.820. The second-order valence-corrected chi connectivity index (χ2v) is 5.31. The summed E-state index contributed by atoms with van der Waals surface area (Å²) in [4.78, 5) is -0.0682. The number of rotatable bonds is 1. The molecular formula is C10H8BrClO3S. The SMILES string of the molecule is Cl.O=S(=O)(O)c1ccc(Br)c2ccccc12. The predicted molar refractivity (Wildman–Crippen MR) is 68.7 cm³/mol. The van der Waals surface area contributed by atoms with Crippen LogP contribution in [0.15, 0.2) is 45.8 Å². The predicted octanol–water partition coefficient (Wildman–Crippen LogP) is 3.27. The largest absolute Gasteiger partial charge is 0.295 e. The van der Waals surface area contributed by atoms with Crippen LogP contribution in [0.25, 0.3) is 10.8 Å². The Morgan fingerprint density at radius 2 is 1.56 bits per heavy atom. The van der Waals surface area contributed by atoms with E-state index in [9.17, 15) is 8.42 Å².